The van der Waals surface area contributed by atoms with Crippen LogP contribution in [0.25, 0.3) is 0 Å². The summed E-state index contributed by atoms with van der Waals surface area (Å²) in [5.41, 5.74) is 0.363. The van der Waals surface area contributed by atoms with Gasteiger partial charge >= 0.3 is 0 Å². The average molecular weight is 332 g/mol. The van der Waals surface area contributed by atoms with E-state index in [-0.39, 0.29) is 5.60 Å². The molecule has 1 aromatic carbocycles. The van der Waals surface area contributed by atoms with E-state index in [0.29, 0.717) is 30.4 Å². The van der Waals surface area contributed by atoms with E-state index in [9.17, 15) is 5.11 Å². The third-order valence-corrected chi connectivity index (χ3v) is 5.25. The summed E-state index contributed by atoms with van der Waals surface area (Å²) in [7, 11) is 0. The SMILES string of the molecule is CC1(C)CC(O)c2c(OCc3nnc(C4CC4)s3)cccc2O1. The van der Waals surface area contributed by atoms with Crippen LogP contribution >= 0.6 is 11.3 Å². The Morgan fingerprint density at radius 1 is 1.35 bits per heavy atom. The van der Waals surface area contributed by atoms with Gasteiger partial charge in [-0.1, -0.05) is 17.4 Å². The van der Waals surface area contributed by atoms with Gasteiger partial charge in [-0.3, -0.25) is 0 Å². The lowest BCUT2D eigenvalue weighted by Crippen LogP contribution is -2.35. The van der Waals surface area contributed by atoms with Gasteiger partial charge in [-0.05, 0) is 38.8 Å². The molecule has 1 aliphatic carbocycles. The van der Waals surface area contributed by atoms with Gasteiger partial charge in [0, 0.05) is 12.3 Å². The van der Waals surface area contributed by atoms with Crippen molar-refractivity contribution in [1.82, 2.24) is 10.2 Å². The molecule has 0 bridgehead atoms. The number of aromatic nitrogens is 2. The van der Waals surface area contributed by atoms with Crippen LogP contribution in [-0.2, 0) is 6.61 Å². The molecule has 2 heterocycles. The molecule has 1 unspecified atom stereocenters. The van der Waals surface area contributed by atoms with Crippen molar-refractivity contribution in [2.24, 2.45) is 0 Å². The molecule has 1 N–H and O–H groups in total. The zero-order valence-electron chi connectivity index (χ0n) is 13.3. The van der Waals surface area contributed by atoms with Gasteiger partial charge in [-0.15, -0.1) is 10.2 Å². The maximum absolute atomic E-state index is 10.5. The van der Waals surface area contributed by atoms with Crippen LogP contribution in [0.4, 0.5) is 0 Å². The molecule has 1 aliphatic heterocycles. The number of aliphatic hydroxyl groups excluding tert-OH is 1. The first-order valence-electron chi connectivity index (χ1n) is 7.97. The Hall–Kier alpha value is -1.66. The molecule has 0 saturated heterocycles. The van der Waals surface area contributed by atoms with Crippen LogP contribution in [0.1, 0.15) is 60.7 Å². The van der Waals surface area contributed by atoms with Gasteiger partial charge in [0.05, 0.1) is 11.7 Å². The van der Waals surface area contributed by atoms with E-state index < -0.39 is 6.10 Å². The second-order valence-electron chi connectivity index (χ2n) is 6.85. The number of benzene rings is 1. The molecule has 1 fully saturated rings. The van der Waals surface area contributed by atoms with Crippen LogP contribution in [-0.4, -0.2) is 20.9 Å². The van der Waals surface area contributed by atoms with Crippen molar-refractivity contribution in [3.8, 4) is 11.5 Å². The van der Waals surface area contributed by atoms with Crippen LogP contribution in [0.2, 0.25) is 0 Å². The quantitative estimate of drug-likeness (QED) is 0.927. The highest BCUT2D eigenvalue weighted by Crippen LogP contribution is 2.44. The van der Waals surface area contributed by atoms with Crippen LogP contribution in [0.15, 0.2) is 18.2 Å². The predicted octanol–water partition coefficient (Wildman–Crippen LogP) is 3.59. The highest BCUT2D eigenvalue weighted by Gasteiger charge is 2.35. The smallest absolute Gasteiger partial charge is 0.155 e. The van der Waals surface area contributed by atoms with Crippen molar-refractivity contribution in [2.75, 3.05) is 0 Å². The standard InChI is InChI=1S/C17H20N2O3S/c1-17(2)8-11(20)15-12(4-3-5-13(15)22-17)21-9-14-18-19-16(23-14)10-6-7-10/h3-5,10-11,20H,6-9H2,1-2H3. The second-order valence-corrected chi connectivity index (χ2v) is 7.94. The summed E-state index contributed by atoms with van der Waals surface area (Å²) in [6, 6.07) is 5.63. The Kier molecular flexibility index (Phi) is 3.54. The number of fused-ring (bicyclic) bond motifs is 1. The summed E-state index contributed by atoms with van der Waals surface area (Å²) < 4.78 is 11.9. The monoisotopic (exact) mass is 332 g/mol. The van der Waals surface area contributed by atoms with E-state index >= 15 is 0 Å². The van der Waals surface area contributed by atoms with E-state index in [1.54, 1.807) is 11.3 Å². The number of hydrogen-bond donors (Lipinski definition) is 1. The molecule has 0 spiro atoms. The lowest BCUT2D eigenvalue weighted by molar-refractivity contribution is 0.00949. The Labute approximate surface area is 139 Å². The number of ether oxygens (including phenoxy) is 2. The lowest BCUT2D eigenvalue weighted by Gasteiger charge is -2.36. The molecule has 1 atom stereocenters. The van der Waals surface area contributed by atoms with Gasteiger partial charge in [-0.25, -0.2) is 0 Å². The minimum atomic E-state index is -0.582. The minimum absolute atomic E-state index is 0.372. The Morgan fingerprint density at radius 3 is 2.96 bits per heavy atom. The van der Waals surface area contributed by atoms with Crippen molar-refractivity contribution in [3.05, 3.63) is 33.8 Å². The lowest BCUT2D eigenvalue weighted by atomic mass is 9.91. The fourth-order valence-corrected chi connectivity index (χ4v) is 3.86. The largest absolute Gasteiger partial charge is 0.487 e. The third-order valence-electron chi connectivity index (χ3n) is 4.19. The van der Waals surface area contributed by atoms with Crippen LogP contribution in [0, 0.1) is 0 Å². The first-order chi connectivity index (χ1) is 11.0. The summed E-state index contributed by atoms with van der Waals surface area (Å²) in [4.78, 5) is 0. The molecule has 1 aromatic heterocycles. The number of nitrogens with zero attached hydrogens (tertiary/aromatic N) is 2. The van der Waals surface area contributed by atoms with Gasteiger partial charge in [0.25, 0.3) is 0 Å². The van der Waals surface area contributed by atoms with Crippen LogP contribution in [0.3, 0.4) is 0 Å². The normalized spacial score (nSPS) is 22.3. The molecule has 23 heavy (non-hydrogen) atoms. The first kappa shape index (κ1) is 14.9. The predicted molar refractivity (Wildman–Crippen MR) is 86.9 cm³/mol. The molecule has 5 nitrogen and oxygen atoms in total. The van der Waals surface area contributed by atoms with Gasteiger partial charge in [-0.2, -0.15) is 0 Å². The molecule has 0 radical (unpaired) electrons. The maximum atomic E-state index is 10.5. The molecule has 2 aromatic rings. The molecule has 4 rings (SSSR count). The zero-order valence-corrected chi connectivity index (χ0v) is 14.1. The van der Waals surface area contributed by atoms with Gasteiger partial charge in [0.15, 0.2) is 5.01 Å². The van der Waals surface area contributed by atoms with E-state index in [4.69, 9.17) is 9.47 Å². The van der Waals surface area contributed by atoms with Crippen molar-refractivity contribution < 1.29 is 14.6 Å². The fraction of sp³-hybridized carbons (Fsp3) is 0.529. The van der Waals surface area contributed by atoms with E-state index in [1.807, 2.05) is 32.0 Å². The van der Waals surface area contributed by atoms with E-state index in [1.165, 1.54) is 12.8 Å². The van der Waals surface area contributed by atoms with Crippen LogP contribution < -0.4 is 9.47 Å². The minimum Gasteiger partial charge on any atom is -0.487 e. The third kappa shape index (κ3) is 3.05. The number of aliphatic hydroxyl groups is 1. The maximum Gasteiger partial charge on any atom is 0.155 e. The van der Waals surface area contributed by atoms with E-state index in [2.05, 4.69) is 10.2 Å². The van der Waals surface area contributed by atoms with Gasteiger partial charge in [0.2, 0.25) is 0 Å². The molecule has 1 saturated carbocycles. The zero-order chi connectivity index (χ0) is 16.0. The Balaban J connectivity index is 1.53. The summed E-state index contributed by atoms with van der Waals surface area (Å²) in [5.74, 6) is 1.97. The molecule has 0 amide bonds. The van der Waals surface area contributed by atoms with E-state index in [0.717, 1.165) is 15.6 Å². The molecule has 122 valence electrons. The first-order valence-corrected chi connectivity index (χ1v) is 8.78. The summed E-state index contributed by atoms with van der Waals surface area (Å²) in [6.45, 7) is 4.33. The average Bonchev–Trinajstić information content (AvgIpc) is 3.22. The van der Waals surface area contributed by atoms with Crippen molar-refractivity contribution >= 4 is 11.3 Å². The highest BCUT2D eigenvalue weighted by atomic mass is 32.1. The summed E-state index contributed by atoms with van der Waals surface area (Å²) in [5, 5.41) is 20.9. The molecular weight excluding hydrogens is 312 g/mol. The molecular formula is C17H20N2O3S. The molecule has 6 heteroatoms. The Morgan fingerprint density at radius 2 is 2.17 bits per heavy atom. The number of rotatable bonds is 4. The Bertz CT molecular complexity index is 724. The fourth-order valence-electron chi connectivity index (χ4n) is 2.93. The topological polar surface area (TPSA) is 64.5 Å². The van der Waals surface area contributed by atoms with Crippen molar-refractivity contribution in [1.29, 1.82) is 0 Å². The summed E-state index contributed by atoms with van der Waals surface area (Å²) >= 11 is 1.62. The molecule has 2 aliphatic rings. The van der Waals surface area contributed by atoms with Crippen molar-refractivity contribution in [2.45, 2.75) is 57.3 Å². The van der Waals surface area contributed by atoms with Crippen molar-refractivity contribution in [3.63, 3.8) is 0 Å². The number of hydrogen-bond acceptors (Lipinski definition) is 6. The highest BCUT2D eigenvalue weighted by molar-refractivity contribution is 7.11. The van der Waals surface area contributed by atoms with Gasteiger partial charge in [0.1, 0.15) is 28.7 Å². The second kappa shape index (κ2) is 5.46. The van der Waals surface area contributed by atoms with Gasteiger partial charge < -0.3 is 14.6 Å². The van der Waals surface area contributed by atoms with Crippen LogP contribution in [0.5, 0.6) is 11.5 Å². The summed E-state index contributed by atoms with van der Waals surface area (Å²) in [6.07, 6.45) is 2.41.